The zero-order chi connectivity index (χ0) is 15.5. The Hall–Kier alpha value is -2.76. The van der Waals surface area contributed by atoms with Crippen molar-refractivity contribution < 1.29 is 0 Å². The second-order valence-electron chi connectivity index (χ2n) is 5.75. The van der Waals surface area contributed by atoms with Gasteiger partial charge in [0.15, 0.2) is 5.82 Å². The second-order valence-corrected chi connectivity index (χ2v) is 5.75. The molecular weight excluding hydrogens is 288 g/mol. The Kier molecular flexibility index (Phi) is 3.71. The van der Waals surface area contributed by atoms with Crippen LogP contribution in [0.3, 0.4) is 0 Å². The molecule has 1 saturated heterocycles. The number of hydrogen-bond donors (Lipinski definition) is 1. The molecule has 1 aliphatic rings. The molecule has 6 heteroatoms. The van der Waals surface area contributed by atoms with E-state index in [-0.39, 0.29) is 0 Å². The minimum atomic E-state index is 0.337. The SMILES string of the molecule is c1cnnc(N2CCC[C@@H](Nc3ncnc4ccccc34)C2)c1. The Labute approximate surface area is 134 Å². The lowest BCUT2D eigenvalue weighted by atomic mass is 10.1. The van der Waals surface area contributed by atoms with Gasteiger partial charge in [-0.3, -0.25) is 0 Å². The van der Waals surface area contributed by atoms with Crippen LogP contribution in [0.2, 0.25) is 0 Å². The van der Waals surface area contributed by atoms with Gasteiger partial charge in [0.05, 0.1) is 5.52 Å². The quantitative estimate of drug-likeness (QED) is 0.802. The minimum absolute atomic E-state index is 0.337. The predicted molar refractivity (Wildman–Crippen MR) is 90.4 cm³/mol. The third-order valence-corrected chi connectivity index (χ3v) is 4.19. The molecule has 0 amide bonds. The van der Waals surface area contributed by atoms with Gasteiger partial charge < -0.3 is 10.2 Å². The van der Waals surface area contributed by atoms with Gasteiger partial charge in [0.1, 0.15) is 12.1 Å². The van der Waals surface area contributed by atoms with E-state index in [1.54, 1.807) is 12.5 Å². The molecule has 1 fully saturated rings. The lowest BCUT2D eigenvalue weighted by Crippen LogP contribution is -2.42. The van der Waals surface area contributed by atoms with Gasteiger partial charge in [-0.05, 0) is 37.1 Å². The predicted octanol–water partition coefficient (Wildman–Crippen LogP) is 2.50. The maximum Gasteiger partial charge on any atom is 0.151 e. The molecule has 3 aromatic rings. The first-order valence-electron chi connectivity index (χ1n) is 7.89. The number of rotatable bonds is 3. The number of nitrogens with one attached hydrogen (secondary N) is 1. The maximum absolute atomic E-state index is 4.43. The van der Waals surface area contributed by atoms with Crippen molar-refractivity contribution in [2.24, 2.45) is 0 Å². The number of hydrogen-bond acceptors (Lipinski definition) is 6. The van der Waals surface area contributed by atoms with Gasteiger partial charge in [-0.15, -0.1) is 5.10 Å². The molecule has 23 heavy (non-hydrogen) atoms. The van der Waals surface area contributed by atoms with E-state index in [1.807, 2.05) is 30.3 Å². The van der Waals surface area contributed by atoms with Gasteiger partial charge >= 0.3 is 0 Å². The molecule has 1 atom stereocenters. The zero-order valence-electron chi connectivity index (χ0n) is 12.8. The fourth-order valence-electron chi connectivity index (χ4n) is 3.08. The average Bonchev–Trinajstić information content (AvgIpc) is 2.63. The van der Waals surface area contributed by atoms with Crippen LogP contribution >= 0.6 is 0 Å². The molecule has 1 N–H and O–H groups in total. The highest BCUT2D eigenvalue weighted by Gasteiger charge is 2.21. The largest absolute Gasteiger partial charge is 0.365 e. The average molecular weight is 306 g/mol. The number of fused-ring (bicyclic) bond motifs is 1. The smallest absolute Gasteiger partial charge is 0.151 e. The number of benzene rings is 1. The lowest BCUT2D eigenvalue weighted by molar-refractivity contribution is 0.524. The van der Waals surface area contributed by atoms with Crippen LogP contribution in [0.5, 0.6) is 0 Å². The van der Waals surface area contributed by atoms with Crippen molar-refractivity contribution in [2.75, 3.05) is 23.3 Å². The van der Waals surface area contributed by atoms with Crippen molar-refractivity contribution in [3.05, 3.63) is 48.9 Å². The first-order valence-corrected chi connectivity index (χ1v) is 7.89. The van der Waals surface area contributed by atoms with E-state index in [1.165, 1.54) is 0 Å². The number of nitrogens with zero attached hydrogens (tertiary/aromatic N) is 5. The number of para-hydroxylation sites is 1. The van der Waals surface area contributed by atoms with Gasteiger partial charge in [0.25, 0.3) is 0 Å². The van der Waals surface area contributed by atoms with Gasteiger partial charge in [-0.25, -0.2) is 9.97 Å². The second kappa shape index (κ2) is 6.16. The summed E-state index contributed by atoms with van der Waals surface area (Å²) in [5.41, 5.74) is 0.964. The summed E-state index contributed by atoms with van der Waals surface area (Å²) in [6.45, 7) is 1.92. The van der Waals surface area contributed by atoms with E-state index in [9.17, 15) is 0 Å². The first-order chi connectivity index (χ1) is 11.4. The Morgan fingerprint density at radius 2 is 2.04 bits per heavy atom. The molecular formula is C17H18N6. The first kappa shape index (κ1) is 13.9. The molecule has 1 aromatic carbocycles. The summed E-state index contributed by atoms with van der Waals surface area (Å²) in [4.78, 5) is 11.0. The summed E-state index contributed by atoms with van der Waals surface area (Å²) in [6.07, 6.45) is 5.57. The highest BCUT2D eigenvalue weighted by atomic mass is 15.3. The standard InChI is InChI=1S/C17H18N6/c1-2-7-15-14(6-1)17(19-12-18-15)21-13-5-4-10-23(11-13)16-8-3-9-20-22-16/h1-3,6-9,12-13H,4-5,10-11H2,(H,18,19,21)/t13-/m1/s1. The molecule has 4 rings (SSSR count). The summed E-state index contributed by atoms with van der Waals surface area (Å²) >= 11 is 0. The normalized spacial score (nSPS) is 18.1. The molecule has 2 aromatic heterocycles. The van der Waals surface area contributed by atoms with Crippen LogP contribution in [0.25, 0.3) is 10.9 Å². The fraction of sp³-hybridized carbons (Fsp3) is 0.294. The van der Waals surface area contributed by atoms with E-state index in [2.05, 4.69) is 36.4 Å². The third-order valence-electron chi connectivity index (χ3n) is 4.19. The molecule has 116 valence electrons. The van der Waals surface area contributed by atoms with E-state index >= 15 is 0 Å². The molecule has 0 radical (unpaired) electrons. The van der Waals surface area contributed by atoms with Crippen LogP contribution in [-0.2, 0) is 0 Å². The van der Waals surface area contributed by atoms with Crippen LogP contribution in [0, 0.1) is 0 Å². The minimum Gasteiger partial charge on any atom is -0.365 e. The summed E-state index contributed by atoms with van der Waals surface area (Å²) in [6, 6.07) is 12.4. The van der Waals surface area contributed by atoms with E-state index < -0.39 is 0 Å². The summed E-state index contributed by atoms with van der Waals surface area (Å²) in [5, 5.41) is 12.8. The van der Waals surface area contributed by atoms with Gasteiger partial charge in [-0.2, -0.15) is 5.10 Å². The third kappa shape index (κ3) is 2.92. The van der Waals surface area contributed by atoms with Crippen molar-refractivity contribution in [1.82, 2.24) is 20.2 Å². The summed E-state index contributed by atoms with van der Waals surface area (Å²) < 4.78 is 0. The molecule has 1 aliphatic heterocycles. The Morgan fingerprint density at radius 3 is 2.96 bits per heavy atom. The molecule has 0 spiro atoms. The molecule has 0 aliphatic carbocycles. The van der Waals surface area contributed by atoms with Crippen LogP contribution in [0.15, 0.2) is 48.9 Å². The van der Waals surface area contributed by atoms with E-state index in [0.717, 1.165) is 48.5 Å². The molecule has 6 nitrogen and oxygen atoms in total. The molecule has 3 heterocycles. The van der Waals surface area contributed by atoms with Crippen molar-refractivity contribution in [2.45, 2.75) is 18.9 Å². The van der Waals surface area contributed by atoms with E-state index in [4.69, 9.17) is 0 Å². The van der Waals surface area contributed by atoms with Crippen LogP contribution in [0.1, 0.15) is 12.8 Å². The number of anilines is 2. The van der Waals surface area contributed by atoms with Crippen molar-refractivity contribution >= 4 is 22.5 Å². The van der Waals surface area contributed by atoms with Crippen molar-refractivity contribution in [3.8, 4) is 0 Å². The topological polar surface area (TPSA) is 66.8 Å². The fourth-order valence-corrected chi connectivity index (χ4v) is 3.08. The molecule has 0 unspecified atom stereocenters. The highest BCUT2D eigenvalue weighted by Crippen LogP contribution is 2.23. The van der Waals surface area contributed by atoms with Crippen molar-refractivity contribution in [3.63, 3.8) is 0 Å². The Morgan fingerprint density at radius 1 is 1.09 bits per heavy atom. The molecule has 0 saturated carbocycles. The summed E-state index contributed by atoms with van der Waals surface area (Å²) in [5.74, 6) is 1.84. The van der Waals surface area contributed by atoms with Gasteiger partial charge in [0, 0.05) is 30.7 Å². The monoisotopic (exact) mass is 306 g/mol. The van der Waals surface area contributed by atoms with E-state index in [0.29, 0.717) is 6.04 Å². The highest BCUT2D eigenvalue weighted by molar-refractivity contribution is 5.88. The molecule has 0 bridgehead atoms. The van der Waals surface area contributed by atoms with Crippen molar-refractivity contribution in [1.29, 1.82) is 0 Å². The van der Waals surface area contributed by atoms with Gasteiger partial charge in [0.2, 0.25) is 0 Å². The Balaban J connectivity index is 1.54. The zero-order valence-corrected chi connectivity index (χ0v) is 12.8. The van der Waals surface area contributed by atoms with Crippen LogP contribution < -0.4 is 10.2 Å². The number of aromatic nitrogens is 4. The Bertz CT molecular complexity index is 786. The van der Waals surface area contributed by atoms with Crippen LogP contribution in [-0.4, -0.2) is 39.3 Å². The summed E-state index contributed by atoms with van der Waals surface area (Å²) in [7, 11) is 0. The lowest BCUT2D eigenvalue weighted by Gasteiger charge is -2.34. The van der Waals surface area contributed by atoms with Crippen LogP contribution in [0.4, 0.5) is 11.6 Å². The van der Waals surface area contributed by atoms with Gasteiger partial charge in [-0.1, -0.05) is 12.1 Å². The number of piperidine rings is 1. The maximum atomic E-state index is 4.43.